The van der Waals surface area contributed by atoms with Crippen LogP contribution in [0, 0.1) is 11.8 Å². The Labute approximate surface area is 125 Å². The molecule has 6 nitrogen and oxygen atoms in total. The van der Waals surface area contributed by atoms with Crippen LogP contribution in [0.2, 0.25) is 0 Å². The number of hydrogen-bond acceptors (Lipinski definition) is 3. The largest absolute Gasteiger partial charge is 0.359 e. The van der Waals surface area contributed by atoms with Gasteiger partial charge < -0.3 is 15.1 Å². The molecule has 2 saturated heterocycles. The smallest absolute Gasteiger partial charge is 0.227 e. The third kappa shape index (κ3) is 3.74. The van der Waals surface area contributed by atoms with E-state index in [2.05, 4.69) is 5.32 Å². The maximum absolute atomic E-state index is 12.6. The maximum atomic E-state index is 12.6. The number of piperidine rings is 2. The first-order valence-electron chi connectivity index (χ1n) is 7.78. The van der Waals surface area contributed by atoms with Gasteiger partial charge in [0.05, 0.1) is 5.92 Å². The number of rotatable bonds is 2. The van der Waals surface area contributed by atoms with Gasteiger partial charge in [-0.3, -0.25) is 14.4 Å². The van der Waals surface area contributed by atoms with E-state index in [-0.39, 0.29) is 29.6 Å². The molecule has 0 radical (unpaired) electrons. The number of carbonyl (C=O) groups is 3. The fourth-order valence-electron chi connectivity index (χ4n) is 3.29. The van der Waals surface area contributed by atoms with Gasteiger partial charge in [0.15, 0.2) is 0 Å². The molecular formula is C15H25N3O3. The molecule has 2 rings (SSSR count). The van der Waals surface area contributed by atoms with Gasteiger partial charge in [0.2, 0.25) is 17.7 Å². The van der Waals surface area contributed by atoms with E-state index in [1.54, 1.807) is 18.9 Å². The summed E-state index contributed by atoms with van der Waals surface area (Å²) >= 11 is 0. The average molecular weight is 295 g/mol. The second-order valence-corrected chi connectivity index (χ2v) is 6.02. The van der Waals surface area contributed by atoms with Crippen molar-refractivity contribution in [2.75, 3.05) is 33.2 Å². The van der Waals surface area contributed by atoms with E-state index in [0.29, 0.717) is 19.6 Å². The molecule has 0 spiro atoms. The summed E-state index contributed by atoms with van der Waals surface area (Å²) in [5.74, 6) is 0.225. The van der Waals surface area contributed by atoms with E-state index in [9.17, 15) is 14.4 Å². The molecule has 0 saturated carbocycles. The van der Waals surface area contributed by atoms with Gasteiger partial charge in [0.25, 0.3) is 0 Å². The first-order chi connectivity index (χ1) is 10.0. The van der Waals surface area contributed by atoms with Gasteiger partial charge in [-0.15, -0.1) is 0 Å². The lowest BCUT2D eigenvalue weighted by molar-refractivity contribution is -0.142. The Morgan fingerprint density at radius 3 is 2.19 bits per heavy atom. The molecule has 3 amide bonds. The summed E-state index contributed by atoms with van der Waals surface area (Å²) in [7, 11) is 1.65. The lowest BCUT2D eigenvalue weighted by Crippen LogP contribution is -2.49. The zero-order valence-electron chi connectivity index (χ0n) is 12.9. The third-order valence-corrected chi connectivity index (χ3v) is 4.64. The van der Waals surface area contributed by atoms with Crippen molar-refractivity contribution in [3.05, 3.63) is 0 Å². The van der Waals surface area contributed by atoms with E-state index in [1.807, 2.05) is 4.90 Å². The molecule has 0 bridgehead atoms. The Hall–Kier alpha value is -1.59. The Balaban J connectivity index is 1.87. The molecular weight excluding hydrogens is 270 g/mol. The minimum Gasteiger partial charge on any atom is -0.359 e. The van der Waals surface area contributed by atoms with Crippen LogP contribution in [0.3, 0.4) is 0 Å². The molecule has 21 heavy (non-hydrogen) atoms. The quantitative estimate of drug-likeness (QED) is 0.793. The lowest BCUT2D eigenvalue weighted by Gasteiger charge is -2.37. The number of nitrogens with zero attached hydrogens (tertiary/aromatic N) is 2. The highest BCUT2D eigenvalue weighted by Gasteiger charge is 2.33. The fourth-order valence-corrected chi connectivity index (χ4v) is 3.29. The van der Waals surface area contributed by atoms with Gasteiger partial charge in [-0.25, -0.2) is 0 Å². The molecule has 118 valence electrons. The van der Waals surface area contributed by atoms with Crippen LogP contribution < -0.4 is 5.32 Å². The van der Waals surface area contributed by atoms with E-state index in [0.717, 1.165) is 32.2 Å². The van der Waals surface area contributed by atoms with Gasteiger partial charge in [0.1, 0.15) is 0 Å². The normalized spacial score (nSPS) is 23.8. The molecule has 0 aliphatic carbocycles. The molecule has 6 heteroatoms. The molecule has 0 unspecified atom stereocenters. The van der Waals surface area contributed by atoms with Crippen molar-refractivity contribution in [3.63, 3.8) is 0 Å². The summed E-state index contributed by atoms with van der Waals surface area (Å²) in [4.78, 5) is 39.2. The van der Waals surface area contributed by atoms with Crippen LogP contribution in [0.25, 0.3) is 0 Å². The van der Waals surface area contributed by atoms with Gasteiger partial charge in [-0.2, -0.15) is 0 Å². The fraction of sp³-hybridized carbons (Fsp3) is 0.800. The zero-order chi connectivity index (χ0) is 15.4. The first kappa shape index (κ1) is 15.8. The van der Waals surface area contributed by atoms with Crippen LogP contribution in [0.4, 0.5) is 0 Å². The number of likely N-dealkylation sites (tertiary alicyclic amines) is 2. The Morgan fingerprint density at radius 2 is 1.62 bits per heavy atom. The number of carbonyl (C=O) groups excluding carboxylic acids is 3. The SMILES string of the molecule is CNC(=O)C1CCN(C(=O)[C@@H]2CCCN(C(C)=O)C2)CC1. The average Bonchev–Trinajstić information content (AvgIpc) is 2.53. The summed E-state index contributed by atoms with van der Waals surface area (Å²) < 4.78 is 0. The monoisotopic (exact) mass is 295 g/mol. The van der Waals surface area contributed by atoms with E-state index < -0.39 is 0 Å². The van der Waals surface area contributed by atoms with Crippen LogP contribution in [0.15, 0.2) is 0 Å². The van der Waals surface area contributed by atoms with Gasteiger partial charge in [-0.05, 0) is 25.7 Å². The van der Waals surface area contributed by atoms with Crippen molar-refractivity contribution >= 4 is 17.7 Å². The predicted octanol–water partition coefficient (Wildman–Crippen LogP) is 0.230. The van der Waals surface area contributed by atoms with Gasteiger partial charge in [0, 0.05) is 46.1 Å². The predicted molar refractivity (Wildman–Crippen MR) is 78.3 cm³/mol. The molecule has 0 aromatic rings. The summed E-state index contributed by atoms with van der Waals surface area (Å²) in [5.41, 5.74) is 0. The van der Waals surface area contributed by atoms with Crippen molar-refractivity contribution in [1.82, 2.24) is 15.1 Å². The topological polar surface area (TPSA) is 69.7 Å². The molecule has 2 heterocycles. The number of amides is 3. The molecule has 2 fully saturated rings. The van der Waals surface area contributed by atoms with Crippen molar-refractivity contribution in [2.24, 2.45) is 11.8 Å². The highest BCUT2D eigenvalue weighted by molar-refractivity contribution is 5.82. The van der Waals surface area contributed by atoms with Crippen LogP contribution in [0.5, 0.6) is 0 Å². The second kappa shape index (κ2) is 6.91. The molecule has 2 aliphatic heterocycles. The maximum Gasteiger partial charge on any atom is 0.227 e. The second-order valence-electron chi connectivity index (χ2n) is 6.02. The van der Waals surface area contributed by atoms with Crippen molar-refractivity contribution in [1.29, 1.82) is 0 Å². The summed E-state index contributed by atoms with van der Waals surface area (Å²) in [6.45, 7) is 4.16. The van der Waals surface area contributed by atoms with E-state index in [1.165, 1.54) is 0 Å². The van der Waals surface area contributed by atoms with Gasteiger partial charge >= 0.3 is 0 Å². The molecule has 0 aromatic carbocycles. The summed E-state index contributed by atoms with van der Waals surface area (Å²) in [6, 6.07) is 0. The Kier molecular flexibility index (Phi) is 5.20. The summed E-state index contributed by atoms with van der Waals surface area (Å²) in [6.07, 6.45) is 3.21. The first-order valence-corrected chi connectivity index (χ1v) is 7.78. The van der Waals surface area contributed by atoms with E-state index >= 15 is 0 Å². The number of hydrogen-bond donors (Lipinski definition) is 1. The Bertz CT molecular complexity index is 416. The summed E-state index contributed by atoms with van der Waals surface area (Å²) in [5, 5.41) is 2.67. The minimum atomic E-state index is -0.0702. The molecule has 1 N–H and O–H groups in total. The third-order valence-electron chi connectivity index (χ3n) is 4.64. The zero-order valence-corrected chi connectivity index (χ0v) is 12.9. The lowest BCUT2D eigenvalue weighted by atomic mass is 9.92. The van der Waals surface area contributed by atoms with Crippen LogP contribution >= 0.6 is 0 Å². The van der Waals surface area contributed by atoms with Gasteiger partial charge in [-0.1, -0.05) is 0 Å². The van der Waals surface area contributed by atoms with Crippen molar-refractivity contribution in [3.8, 4) is 0 Å². The number of nitrogens with one attached hydrogen (secondary N) is 1. The van der Waals surface area contributed by atoms with E-state index in [4.69, 9.17) is 0 Å². The van der Waals surface area contributed by atoms with Crippen molar-refractivity contribution < 1.29 is 14.4 Å². The van der Waals surface area contributed by atoms with Crippen LogP contribution in [0.1, 0.15) is 32.6 Å². The highest BCUT2D eigenvalue weighted by Crippen LogP contribution is 2.23. The minimum absolute atomic E-state index is 0.0270. The van der Waals surface area contributed by atoms with Crippen LogP contribution in [-0.2, 0) is 14.4 Å². The van der Waals surface area contributed by atoms with Crippen LogP contribution in [-0.4, -0.2) is 60.7 Å². The standard InChI is InChI=1S/C15H25N3O3/c1-11(19)18-7-3-4-13(10-18)15(21)17-8-5-12(6-9-17)14(20)16-2/h12-13H,3-10H2,1-2H3,(H,16,20)/t13-/m1/s1. The molecule has 1 atom stereocenters. The molecule has 2 aliphatic rings. The highest BCUT2D eigenvalue weighted by atomic mass is 16.2. The Morgan fingerprint density at radius 1 is 0.952 bits per heavy atom. The van der Waals surface area contributed by atoms with Crippen molar-refractivity contribution in [2.45, 2.75) is 32.6 Å². The molecule has 0 aromatic heterocycles.